The van der Waals surface area contributed by atoms with Crippen molar-refractivity contribution in [3.05, 3.63) is 29.6 Å². The molecule has 0 bridgehead atoms. The van der Waals surface area contributed by atoms with Crippen LogP contribution in [0.1, 0.15) is 18.4 Å². The molecule has 0 fully saturated rings. The highest BCUT2D eigenvalue weighted by atomic mass is 19.1. The molecule has 1 heterocycles. The Morgan fingerprint density at radius 2 is 2.38 bits per heavy atom. The number of rotatable bonds is 2. The Hall–Kier alpha value is -1.58. The van der Waals surface area contributed by atoms with E-state index in [9.17, 15) is 9.18 Å². The second-order valence-electron chi connectivity index (χ2n) is 4.06. The number of aliphatic carboxylic acids is 1. The summed E-state index contributed by atoms with van der Waals surface area (Å²) < 4.78 is 18.5. The van der Waals surface area contributed by atoms with Crippen molar-refractivity contribution in [3.8, 4) is 5.75 Å². The fourth-order valence-corrected chi connectivity index (χ4v) is 2.02. The zero-order valence-electron chi connectivity index (χ0n) is 8.78. The molecule has 0 radical (unpaired) electrons. The van der Waals surface area contributed by atoms with E-state index in [1.54, 1.807) is 6.07 Å². The molecule has 1 aliphatic rings. The van der Waals surface area contributed by atoms with E-state index in [2.05, 4.69) is 0 Å². The lowest BCUT2D eigenvalue weighted by molar-refractivity contribution is -0.138. The van der Waals surface area contributed by atoms with Crippen LogP contribution in [0.2, 0.25) is 0 Å². The van der Waals surface area contributed by atoms with Gasteiger partial charge < -0.3 is 9.84 Å². The minimum absolute atomic E-state index is 0.0283. The van der Waals surface area contributed by atoms with Gasteiger partial charge in [-0.3, -0.25) is 4.79 Å². The van der Waals surface area contributed by atoms with Crippen molar-refractivity contribution in [2.75, 3.05) is 6.61 Å². The van der Waals surface area contributed by atoms with Crippen LogP contribution in [0.5, 0.6) is 5.75 Å². The van der Waals surface area contributed by atoms with Crippen molar-refractivity contribution in [1.82, 2.24) is 0 Å². The van der Waals surface area contributed by atoms with E-state index in [1.807, 2.05) is 0 Å². The van der Waals surface area contributed by atoms with Crippen LogP contribution in [0.4, 0.5) is 4.39 Å². The molecule has 0 aromatic heterocycles. The van der Waals surface area contributed by atoms with Crippen molar-refractivity contribution in [2.45, 2.75) is 19.3 Å². The predicted molar refractivity (Wildman–Crippen MR) is 56.0 cm³/mol. The van der Waals surface area contributed by atoms with Gasteiger partial charge in [0.25, 0.3) is 0 Å². The van der Waals surface area contributed by atoms with Crippen molar-refractivity contribution in [3.63, 3.8) is 0 Å². The molecule has 16 heavy (non-hydrogen) atoms. The topological polar surface area (TPSA) is 46.5 Å². The number of fused-ring (bicyclic) bond motifs is 1. The zero-order valence-corrected chi connectivity index (χ0v) is 8.78. The first-order valence-electron chi connectivity index (χ1n) is 5.28. The van der Waals surface area contributed by atoms with Crippen LogP contribution < -0.4 is 4.74 Å². The molecule has 1 aliphatic heterocycles. The van der Waals surface area contributed by atoms with Crippen molar-refractivity contribution < 1.29 is 19.0 Å². The van der Waals surface area contributed by atoms with E-state index in [-0.39, 0.29) is 18.2 Å². The number of carbonyl (C=O) groups is 1. The number of ether oxygens (including phenoxy) is 1. The summed E-state index contributed by atoms with van der Waals surface area (Å²) in [6.07, 6.45) is 1.38. The third kappa shape index (κ3) is 2.51. The molecule has 0 saturated heterocycles. The molecule has 0 amide bonds. The molecule has 2 rings (SSSR count). The van der Waals surface area contributed by atoms with Crippen LogP contribution in [0.15, 0.2) is 18.2 Å². The maximum absolute atomic E-state index is 13.0. The summed E-state index contributed by atoms with van der Waals surface area (Å²) in [4.78, 5) is 10.6. The van der Waals surface area contributed by atoms with Gasteiger partial charge in [-0.2, -0.15) is 0 Å². The van der Waals surface area contributed by atoms with Crippen molar-refractivity contribution in [1.29, 1.82) is 0 Å². The summed E-state index contributed by atoms with van der Waals surface area (Å²) in [5.41, 5.74) is 0.767. The maximum Gasteiger partial charge on any atom is 0.303 e. The summed E-state index contributed by atoms with van der Waals surface area (Å²) in [5, 5.41) is 8.75. The molecule has 1 aromatic rings. The Bertz CT molecular complexity index is 403. The molecular weight excluding hydrogens is 211 g/mol. The lowest BCUT2D eigenvalue weighted by Gasteiger charge is -2.10. The van der Waals surface area contributed by atoms with Gasteiger partial charge in [-0.05, 0) is 42.5 Å². The standard InChI is InChI=1S/C12H13FO3/c13-10-1-2-11-9(7-10)5-8(3-4-16-11)6-12(14)15/h1-2,7-8H,3-6H2,(H,14,15). The number of carboxylic acids is 1. The van der Waals surface area contributed by atoms with Crippen LogP contribution in [0.25, 0.3) is 0 Å². The number of benzene rings is 1. The summed E-state index contributed by atoms with van der Waals surface area (Å²) >= 11 is 0. The number of hydrogen-bond acceptors (Lipinski definition) is 2. The third-order valence-electron chi connectivity index (χ3n) is 2.78. The number of hydrogen-bond donors (Lipinski definition) is 1. The largest absolute Gasteiger partial charge is 0.493 e. The maximum atomic E-state index is 13.0. The van der Waals surface area contributed by atoms with Crippen LogP contribution in [0, 0.1) is 11.7 Å². The normalized spacial score (nSPS) is 19.4. The van der Waals surface area contributed by atoms with E-state index < -0.39 is 5.97 Å². The predicted octanol–water partition coefficient (Wildman–Crippen LogP) is 2.24. The van der Waals surface area contributed by atoms with E-state index >= 15 is 0 Å². The monoisotopic (exact) mass is 224 g/mol. The van der Waals surface area contributed by atoms with Gasteiger partial charge in [0.05, 0.1) is 6.61 Å². The molecule has 1 N–H and O–H groups in total. The number of carboxylic acid groups (broad SMARTS) is 1. The van der Waals surface area contributed by atoms with Gasteiger partial charge in [-0.15, -0.1) is 0 Å². The average molecular weight is 224 g/mol. The highest BCUT2D eigenvalue weighted by molar-refractivity contribution is 5.67. The van der Waals surface area contributed by atoms with Crippen molar-refractivity contribution in [2.24, 2.45) is 5.92 Å². The Balaban J connectivity index is 2.19. The molecule has 1 aromatic carbocycles. The molecule has 0 aliphatic carbocycles. The van der Waals surface area contributed by atoms with Gasteiger partial charge in [0, 0.05) is 6.42 Å². The SMILES string of the molecule is O=C(O)CC1CCOc2ccc(F)cc2C1. The van der Waals surface area contributed by atoms with Gasteiger partial charge in [0.15, 0.2) is 0 Å². The molecular formula is C12H13FO3. The Morgan fingerprint density at radius 1 is 1.56 bits per heavy atom. The van der Waals surface area contributed by atoms with Crippen molar-refractivity contribution >= 4 is 5.97 Å². The molecule has 1 unspecified atom stereocenters. The van der Waals surface area contributed by atoms with Gasteiger partial charge >= 0.3 is 5.97 Å². The first kappa shape index (κ1) is 10.9. The fraction of sp³-hybridized carbons (Fsp3) is 0.417. The quantitative estimate of drug-likeness (QED) is 0.838. The second-order valence-corrected chi connectivity index (χ2v) is 4.06. The van der Waals surface area contributed by atoms with E-state index in [4.69, 9.17) is 9.84 Å². The summed E-state index contributed by atoms with van der Waals surface area (Å²) in [6.45, 7) is 0.497. The highest BCUT2D eigenvalue weighted by Gasteiger charge is 2.20. The Morgan fingerprint density at radius 3 is 3.12 bits per heavy atom. The first-order chi connectivity index (χ1) is 7.65. The van der Waals surface area contributed by atoms with Crippen LogP contribution in [0.3, 0.4) is 0 Å². The average Bonchev–Trinajstić information content (AvgIpc) is 2.37. The van der Waals surface area contributed by atoms with E-state index in [0.717, 1.165) is 5.56 Å². The Labute approximate surface area is 92.9 Å². The highest BCUT2D eigenvalue weighted by Crippen LogP contribution is 2.28. The minimum atomic E-state index is -0.815. The minimum Gasteiger partial charge on any atom is -0.493 e. The summed E-state index contributed by atoms with van der Waals surface area (Å²) in [6, 6.07) is 4.39. The van der Waals surface area contributed by atoms with Crippen LogP contribution >= 0.6 is 0 Å². The fourth-order valence-electron chi connectivity index (χ4n) is 2.02. The molecule has 4 heteroatoms. The lowest BCUT2D eigenvalue weighted by Crippen LogP contribution is -2.11. The summed E-state index contributed by atoms with van der Waals surface area (Å²) in [5.74, 6) is -0.419. The molecule has 3 nitrogen and oxygen atoms in total. The van der Waals surface area contributed by atoms with Gasteiger partial charge in [-0.1, -0.05) is 0 Å². The molecule has 0 spiro atoms. The first-order valence-corrected chi connectivity index (χ1v) is 5.28. The van der Waals surface area contributed by atoms with Gasteiger partial charge in [-0.25, -0.2) is 4.39 Å². The molecule has 1 atom stereocenters. The number of halogens is 1. The smallest absolute Gasteiger partial charge is 0.303 e. The van der Waals surface area contributed by atoms with Gasteiger partial charge in [0.2, 0.25) is 0 Å². The Kier molecular flexibility index (Phi) is 3.08. The second kappa shape index (κ2) is 4.51. The van der Waals surface area contributed by atoms with Crippen LogP contribution in [-0.4, -0.2) is 17.7 Å². The zero-order chi connectivity index (χ0) is 11.5. The third-order valence-corrected chi connectivity index (χ3v) is 2.78. The van der Waals surface area contributed by atoms with E-state index in [0.29, 0.717) is 25.2 Å². The molecule has 0 saturated carbocycles. The van der Waals surface area contributed by atoms with E-state index in [1.165, 1.54) is 12.1 Å². The summed E-state index contributed by atoms with van der Waals surface area (Å²) in [7, 11) is 0. The van der Waals surface area contributed by atoms with Gasteiger partial charge in [0.1, 0.15) is 11.6 Å². The molecule has 86 valence electrons. The van der Waals surface area contributed by atoms with Crippen LogP contribution in [-0.2, 0) is 11.2 Å². The lowest BCUT2D eigenvalue weighted by atomic mass is 9.94.